The van der Waals surface area contributed by atoms with E-state index in [1.807, 2.05) is 0 Å². The highest BCUT2D eigenvalue weighted by molar-refractivity contribution is 7.90. The topological polar surface area (TPSA) is 151 Å². The molecule has 0 fully saturated rings. The molecule has 30 heavy (non-hydrogen) atoms. The Labute approximate surface area is 171 Å². The average Bonchev–Trinajstić information content (AvgIpc) is 3.20. The summed E-state index contributed by atoms with van der Waals surface area (Å²) in [6, 6.07) is 13.2. The second-order valence-corrected chi connectivity index (χ2v) is 7.78. The van der Waals surface area contributed by atoms with Crippen molar-refractivity contribution >= 4 is 27.9 Å². The van der Waals surface area contributed by atoms with Crippen molar-refractivity contribution < 1.29 is 38.1 Å². The van der Waals surface area contributed by atoms with Gasteiger partial charge in [-0.3, -0.25) is 0 Å². The molecule has 0 saturated carbocycles. The standard InChI is InChI=1S/C11H9NO4S.C9H8O4/c13-11(14)9-6-7-12(8-9)17(15,16)10-4-2-1-3-5-10;1-5-6(8(10)11)3-2-4-7(5)9(12)13/h1-8H,(H,13,14);2-4H,1H3,(H,10,11)(H,12,13). The van der Waals surface area contributed by atoms with Gasteiger partial charge in [0.15, 0.2) is 0 Å². The Morgan fingerprint density at radius 1 is 0.767 bits per heavy atom. The maximum Gasteiger partial charge on any atom is 0.337 e. The summed E-state index contributed by atoms with van der Waals surface area (Å²) >= 11 is 0. The van der Waals surface area contributed by atoms with Gasteiger partial charge in [0.1, 0.15) is 0 Å². The molecule has 1 heterocycles. The molecule has 0 amide bonds. The van der Waals surface area contributed by atoms with Crippen molar-refractivity contribution in [1.82, 2.24) is 3.97 Å². The summed E-state index contributed by atoms with van der Waals surface area (Å²) in [6.45, 7) is 1.48. The van der Waals surface area contributed by atoms with Gasteiger partial charge in [0.25, 0.3) is 10.0 Å². The predicted octanol–water partition coefficient (Wildman–Crippen LogP) is 2.81. The number of hydrogen-bond acceptors (Lipinski definition) is 5. The first kappa shape index (κ1) is 22.4. The lowest BCUT2D eigenvalue weighted by molar-refractivity contribution is 0.0681. The van der Waals surface area contributed by atoms with Crippen molar-refractivity contribution in [2.24, 2.45) is 0 Å². The molecular weight excluding hydrogens is 414 g/mol. The Kier molecular flexibility index (Phi) is 6.75. The number of nitrogens with zero attached hydrogens (tertiary/aromatic N) is 1. The van der Waals surface area contributed by atoms with Crippen LogP contribution in [-0.4, -0.2) is 45.6 Å². The summed E-state index contributed by atoms with van der Waals surface area (Å²) in [6.07, 6.45) is 2.29. The van der Waals surface area contributed by atoms with Gasteiger partial charge in [-0.2, -0.15) is 0 Å². The molecule has 2 aromatic carbocycles. The van der Waals surface area contributed by atoms with Crippen molar-refractivity contribution in [3.63, 3.8) is 0 Å². The molecule has 3 aromatic rings. The van der Waals surface area contributed by atoms with Crippen LogP contribution in [0.25, 0.3) is 0 Å². The van der Waals surface area contributed by atoms with Crippen molar-refractivity contribution in [3.8, 4) is 0 Å². The van der Waals surface area contributed by atoms with Crippen molar-refractivity contribution in [2.75, 3.05) is 0 Å². The first-order valence-corrected chi connectivity index (χ1v) is 9.78. The third-order valence-corrected chi connectivity index (χ3v) is 5.68. The number of aromatic nitrogens is 1. The summed E-state index contributed by atoms with van der Waals surface area (Å²) in [4.78, 5) is 32.0. The fourth-order valence-corrected chi connectivity index (χ4v) is 3.68. The minimum Gasteiger partial charge on any atom is -0.478 e. The normalized spacial score (nSPS) is 10.6. The number of carboxylic acids is 3. The largest absolute Gasteiger partial charge is 0.478 e. The van der Waals surface area contributed by atoms with Gasteiger partial charge in [-0.1, -0.05) is 24.3 Å². The zero-order valence-corrected chi connectivity index (χ0v) is 16.4. The van der Waals surface area contributed by atoms with Crippen molar-refractivity contribution in [1.29, 1.82) is 0 Å². The Morgan fingerprint density at radius 3 is 1.73 bits per heavy atom. The van der Waals surface area contributed by atoms with Gasteiger partial charge >= 0.3 is 17.9 Å². The third-order valence-electron chi connectivity index (χ3n) is 4.03. The first-order chi connectivity index (χ1) is 14.1. The zero-order chi connectivity index (χ0) is 22.5. The van der Waals surface area contributed by atoms with E-state index in [0.717, 1.165) is 10.2 Å². The molecule has 0 radical (unpaired) electrons. The van der Waals surface area contributed by atoms with Crippen LogP contribution in [0.5, 0.6) is 0 Å². The second kappa shape index (κ2) is 9.05. The van der Waals surface area contributed by atoms with E-state index in [1.165, 1.54) is 49.5 Å². The number of hydrogen-bond donors (Lipinski definition) is 3. The van der Waals surface area contributed by atoms with E-state index in [0.29, 0.717) is 0 Å². The molecule has 0 atom stereocenters. The van der Waals surface area contributed by atoms with Crippen LogP contribution in [0.3, 0.4) is 0 Å². The number of aromatic carboxylic acids is 3. The monoisotopic (exact) mass is 431 g/mol. The van der Waals surface area contributed by atoms with Gasteiger partial charge in [0.2, 0.25) is 0 Å². The number of rotatable bonds is 5. The van der Waals surface area contributed by atoms with Crippen molar-refractivity contribution in [2.45, 2.75) is 11.8 Å². The molecule has 9 nitrogen and oxygen atoms in total. The molecular formula is C20H17NO8S. The highest BCUT2D eigenvalue weighted by Crippen LogP contribution is 2.15. The lowest BCUT2D eigenvalue weighted by Crippen LogP contribution is -2.10. The van der Waals surface area contributed by atoms with E-state index in [9.17, 15) is 22.8 Å². The van der Waals surface area contributed by atoms with E-state index >= 15 is 0 Å². The number of benzene rings is 2. The quantitative estimate of drug-likeness (QED) is 0.558. The van der Waals surface area contributed by atoms with Crippen LogP contribution in [0.4, 0.5) is 0 Å². The van der Waals surface area contributed by atoms with Crippen LogP contribution in [-0.2, 0) is 10.0 Å². The molecule has 0 unspecified atom stereocenters. The summed E-state index contributed by atoms with van der Waals surface area (Å²) in [7, 11) is -3.70. The lowest BCUT2D eigenvalue weighted by Gasteiger charge is -2.04. The fourth-order valence-electron chi connectivity index (χ4n) is 2.47. The molecule has 10 heteroatoms. The molecule has 0 aliphatic carbocycles. The highest BCUT2D eigenvalue weighted by atomic mass is 32.2. The fraction of sp³-hybridized carbons (Fsp3) is 0.0500. The maximum absolute atomic E-state index is 12.0. The highest BCUT2D eigenvalue weighted by Gasteiger charge is 2.17. The predicted molar refractivity (Wildman–Crippen MR) is 106 cm³/mol. The van der Waals surface area contributed by atoms with Gasteiger partial charge in [0, 0.05) is 12.4 Å². The number of carbonyl (C=O) groups is 3. The Balaban J connectivity index is 0.000000222. The van der Waals surface area contributed by atoms with Crippen LogP contribution in [0.2, 0.25) is 0 Å². The summed E-state index contributed by atoms with van der Waals surface area (Å²) in [5.74, 6) is -3.38. The van der Waals surface area contributed by atoms with Gasteiger partial charge in [0.05, 0.1) is 21.6 Å². The first-order valence-electron chi connectivity index (χ1n) is 8.34. The minimum atomic E-state index is -3.70. The summed E-state index contributed by atoms with van der Waals surface area (Å²) < 4.78 is 25.0. The smallest absolute Gasteiger partial charge is 0.337 e. The Morgan fingerprint density at radius 2 is 1.30 bits per heavy atom. The van der Waals surface area contributed by atoms with Gasteiger partial charge in [-0.25, -0.2) is 26.8 Å². The Bertz CT molecular complexity index is 1160. The lowest BCUT2D eigenvalue weighted by atomic mass is 10.0. The van der Waals surface area contributed by atoms with Crippen LogP contribution >= 0.6 is 0 Å². The van der Waals surface area contributed by atoms with Gasteiger partial charge < -0.3 is 15.3 Å². The van der Waals surface area contributed by atoms with Crippen molar-refractivity contribution in [3.05, 3.63) is 89.2 Å². The molecule has 0 saturated heterocycles. The molecule has 0 bridgehead atoms. The van der Waals surface area contributed by atoms with Gasteiger partial charge in [-0.15, -0.1) is 0 Å². The zero-order valence-electron chi connectivity index (χ0n) is 15.6. The van der Waals surface area contributed by atoms with E-state index in [-0.39, 0.29) is 27.1 Å². The summed E-state index contributed by atoms with van der Waals surface area (Å²) in [5, 5.41) is 26.1. The minimum absolute atomic E-state index is 0.0277. The molecule has 0 aliphatic rings. The van der Waals surface area contributed by atoms with Crippen LogP contribution in [0.15, 0.2) is 71.9 Å². The van der Waals surface area contributed by atoms with Crippen LogP contribution in [0.1, 0.15) is 36.6 Å². The second-order valence-electron chi connectivity index (χ2n) is 5.94. The molecule has 3 rings (SSSR count). The van der Waals surface area contributed by atoms with E-state index in [1.54, 1.807) is 18.2 Å². The van der Waals surface area contributed by atoms with E-state index in [2.05, 4.69) is 0 Å². The average molecular weight is 431 g/mol. The Hall–Kier alpha value is -3.92. The van der Waals surface area contributed by atoms with Crippen LogP contribution < -0.4 is 0 Å². The molecule has 0 aliphatic heterocycles. The van der Waals surface area contributed by atoms with Gasteiger partial charge in [-0.05, 0) is 42.8 Å². The summed E-state index contributed by atoms with van der Waals surface area (Å²) in [5.41, 5.74) is 0.270. The number of carboxylic acid groups (broad SMARTS) is 3. The SMILES string of the molecule is Cc1c(C(=O)O)cccc1C(=O)O.O=C(O)c1ccn(S(=O)(=O)c2ccccc2)c1. The van der Waals surface area contributed by atoms with E-state index in [4.69, 9.17) is 15.3 Å². The molecule has 3 N–H and O–H groups in total. The van der Waals surface area contributed by atoms with Crippen LogP contribution in [0, 0.1) is 6.92 Å². The molecule has 1 aromatic heterocycles. The third kappa shape index (κ3) is 4.92. The molecule has 0 spiro atoms. The maximum atomic E-state index is 12.0. The molecule has 156 valence electrons. The van der Waals surface area contributed by atoms with E-state index < -0.39 is 27.9 Å².